The molecule has 0 unspecified atom stereocenters. The van der Waals surface area contributed by atoms with Gasteiger partial charge in [-0.25, -0.2) is 9.98 Å². The number of aromatic nitrogens is 2. The van der Waals surface area contributed by atoms with Crippen molar-refractivity contribution in [3.63, 3.8) is 0 Å². The van der Waals surface area contributed by atoms with Crippen molar-refractivity contribution in [3.05, 3.63) is 27.9 Å². The summed E-state index contributed by atoms with van der Waals surface area (Å²) in [7, 11) is 0. The molecule has 19 heavy (non-hydrogen) atoms. The van der Waals surface area contributed by atoms with E-state index in [1.807, 2.05) is 4.90 Å². The van der Waals surface area contributed by atoms with Gasteiger partial charge >= 0.3 is 0 Å². The number of hydrogen-bond donors (Lipinski definition) is 2. The number of rotatable bonds is 2. The van der Waals surface area contributed by atoms with Crippen molar-refractivity contribution in [3.8, 4) is 0 Å². The average molecular weight is 379 g/mol. The van der Waals surface area contributed by atoms with Gasteiger partial charge in [0.2, 0.25) is 0 Å². The summed E-state index contributed by atoms with van der Waals surface area (Å²) in [6.45, 7) is 4.75. The average Bonchev–Trinajstić information content (AvgIpc) is 2.38. The molecule has 1 aromatic rings. The second kappa shape index (κ2) is 7.43. The maximum atomic E-state index is 11.6. The van der Waals surface area contributed by atoms with Crippen molar-refractivity contribution in [2.24, 2.45) is 10.7 Å². The summed E-state index contributed by atoms with van der Waals surface area (Å²) in [5.74, 6) is 1.03. The zero-order valence-corrected chi connectivity index (χ0v) is 13.1. The van der Waals surface area contributed by atoms with E-state index in [9.17, 15) is 4.79 Å². The van der Waals surface area contributed by atoms with Crippen LogP contribution < -0.4 is 11.3 Å². The Hall–Kier alpha value is -1.16. The number of ether oxygens (including phenoxy) is 1. The van der Waals surface area contributed by atoms with Crippen LogP contribution in [0.2, 0.25) is 0 Å². The van der Waals surface area contributed by atoms with Gasteiger partial charge in [0.05, 0.1) is 25.3 Å². The van der Waals surface area contributed by atoms with Crippen LogP contribution in [0.3, 0.4) is 0 Å². The van der Waals surface area contributed by atoms with Crippen molar-refractivity contribution in [1.82, 2.24) is 14.9 Å². The van der Waals surface area contributed by atoms with Crippen LogP contribution >= 0.6 is 24.0 Å². The second-order valence-electron chi connectivity index (χ2n) is 4.10. The molecule has 106 valence electrons. The molecule has 2 rings (SSSR count). The summed E-state index contributed by atoms with van der Waals surface area (Å²) < 4.78 is 5.23. The molecule has 1 aromatic heterocycles. The number of halogens is 1. The summed E-state index contributed by atoms with van der Waals surface area (Å²) in [5, 5.41) is 0. The first-order valence-electron chi connectivity index (χ1n) is 5.84. The monoisotopic (exact) mass is 379 g/mol. The topological polar surface area (TPSA) is 96.6 Å². The lowest BCUT2D eigenvalue weighted by Gasteiger charge is -2.27. The molecule has 3 N–H and O–H groups in total. The number of morpholine rings is 1. The van der Waals surface area contributed by atoms with Gasteiger partial charge < -0.3 is 20.4 Å². The first-order chi connectivity index (χ1) is 8.66. The van der Waals surface area contributed by atoms with E-state index < -0.39 is 0 Å². The number of nitrogens with two attached hydrogens (primary N) is 1. The Kier molecular flexibility index (Phi) is 6.22. The largest absolute Gasteiger partial charge is 0.378 e. The smallest absolute Gasteiger partial charge is 0.255 e. The Balaban J connectivity index is 0.00000180. The highest BCUT2D eigenvalue weighted by atomic mass is 127. The predicted molar refractivity (Wildman–Crippen MR) is 82.7 cm³/mol. The van der Waals surface area contributed by atoms with Crippen molar-refractivity contribution in [1.29, 1.82) is 0 Å². The zero-order valence-electron chi connectivity index (χ0n) is 10.8. The van der Waals surface area contributed by atoms with E-state index in [0.29, 0.717) is 30.6 Å². The number of H-pyrrole nitrogens is 1. The Morgan fingerprint density at radius 2 is 2.26 bits per heavy atom. The lowest BCUT2D eigenvalue weighted by molar-refractivity contribution is 0.0674. The van der Waals surface area contributed by atoms with E-state index in [1.54, 1.807) is 6.92 Å². The SMILES string of the molecule is Cc1ncc(CN=C(N)N2CCOCC2)c(=O)[nH]1.I. The molecule has 0 spiro atoms. The maximum Gasteiger partial charge on any atom is 0.255 e. The summed E-state index contributed by atoms with van der Waals surface area (Å²) >= 11 is 0. The molecule has 1 aliphatic heterocycles. The molecule has 0 saturated carbocycles. The Labute approximate surface area is 128 Å². The normalized spacial score (nSPS) is 16.1. The fourth-order valence-corrected chi connectivity index (χ4v) is 1.68. The van der Waals surface area contributed by atoms with Crippen LogP contribution in [-0.4, -0.2) is 47.1 Å². The zero-order chi connectivity index (χ0) is 13.0. The Morgan fingerprint density at radius 1 is 1.58 bits per heavy atom. The molecule has 7 nitrogen and oxygen atoms in total. The summed E-state index contributed by atoms with van der Waals surface area (Å²) in [6.07, 6.45) is 1.53. The van der Waals surface area contributed by atoms with Crippen LogP contribution in [-0.2, 0) is 11.3 Å². The predicted octanol–water partition coefficient (Wildman–Crippen LogP) is -0.157. The van der Waals surface area contributed by atoms with Crippen molar-refractivity contribution < 1.29 is 4.74 Å². The Bertz CT molecular complexity index is 496. The minimum Gasteiger partial charge on any atom is -0.378 e. The van der Waals surface area contributed by atoms with Crippen LogP contribution in [0.25, 0.3) is 0 Å². The first-order valence-corrected chi connectivity index (χ1v) is 5.84. The molecule has 1 fully saturated rings. The van der Waals surface area contributed by atoms with Crippen LogP contribution in [0.5, 0.6) is 0 Å². The minimum absolute atomic E-state index is 0. The standard InChI is InChI=1S/C11H17N5O2.HI/c1-8-13-6-9(10(17)15-8)7-14-11(12)16-2-4-18-5-3-16;/h6H,2-5,7H2,1H3,(H2,12,14)(H,13,15,17);1H. The lowest BCUT2D eigenvalue weighted by atomic mass is 10.3. The molecule has 2 heterocycles. The van der Waals surface area contributed by atoms with Gasteiger partial charge in [-0.15, -0.1) is 24.0 Å². The van der Waals surface area contributed by atoms with Gasteiger partial charge in [-0.2, -0.15) is 0 Å². The molecule has 1 saturated heterocycles. The third-order valence-electron chi connectivity index (χ3n) is 2.75. The van der Waals surface area contributed by atoms with E-state index in [1.165, 1.54) is 6.20 Å². The van der Waals surface area contributed by atoms with Crippen LogP contribution in [0.1, 0.15) is 11.4 Å². The fourth-order valence-electron chi connectivity index (χ4n) is 1.68. The van der Waals surface area contributed by atoms with E-state index >= 15 is 0 Å². The maximum absolute atomic E-state index is 11.6. The van der Waals surface area contributed by atoms with Crippen molar-refractivity contribution in [2.45, 2.75) is 13.5 Å². The molecule has 0 aliphatic carbocycles. The fraction of sp³-hybridized carbons (Fsp3) is 0.545. The summed E-state index contributed by atoms with van der Waals surface area (Å²) in [5.41, 5.74) is 6.21. The molecule has 0 aromatic carbocycles. The van der Waals surface area contributed by atoms with E-state index in [-0.39, 0.29) is 36.1 Å². The second-order valence-corrected chi connectivity index (χ2v) is 4.10. The molecule has 1 aliphatic rings. The molecular formula is C11H18IN5O2. The van der Waals surface area contributed by atoms with Gasteiger partial charge in [0, 0.05) is 19.3 Å². The third kappa shape index (κ3) is 4.46. The number of hydrogen-bond acceptors (Lipinski definition) is 4. The van der Waals surface area contributed by atoms with Gasteiger partial charge in [-0.3, -0.25) is 4.79 Å². The highest BCUT2D eigenvalue weighted by Crippen LogP contribution is 1.98. The molecular weight excluding hydrogens is 361 g/mol. The van der Waals surface area contributed by atoms with Crippen LogP contribution in [0, 0.1) is 6.92 Å². The quantitative estimate of drug-likeness (QED) is 0.423. The van der Waals surface area contributed by atoms with Gasteiger partial charge in [0.15, 0.2) is 5.96 Å². The number of aromatic amines is 1. The van der Waals surface area contributed by atoms with E-state index in [4.69, 9.17) is 10.5 Å². The van der Waals surface area contributed by atoms with Crippen molar-refractivity contribution >= 4 is 29.9 Å². The third-order valence-corrected chi connectivity index (χ3v) is 2.75. The first kappa shape index (κ1) is 15.9. The number of aryl methyl sites for hydroxylation is 1. The van der Waals surface area contributed by atoms with Crippen LogP contribution in [0.4, 0.5) is 0 Å². The molecule has 0 bridgehead atoms. The Morgan fingerprint density at radius 3 is 2.89 bits per heavy atom. The number of nitrogens with zero attached hydrogens (tertiary/aromatic N) is 3. The van der Waals surface area contributed by atoms with E-state index in [2.05, 4.69) is 15.0 Å². The number of aliphatic imine (C=N–C) groups is 1. The molecule has 0 radical (unpaired) electrons. The number of nitrogens with one attached hydrogen (secondary N) is 1. The molecule has 0 amide bonds. The van der Waals surface area contributed by atoms with Gasteiger partial charge in [-0.05, 0) is 6.92 Å². The van der Waals surface area contributed by atoms with Gasteiger partial charge in [0.25, 0.3) is 5.56 Å². The van der Waals surface area contributed by atoms with Crippen molar-refractivity contribution in [2.75, 3.05) is 26.3 Å². The van der Waals surface area contributed by atoms with Gasteiger partial charge in [0.1, 0.15) is 5.82 Å². The summed E-state index contributed by atoms with van der Waals surface area (Å²) in [4.78, 5) is 24.4. The van der Waals surface area contributed by atoms with E-state index in [0.717, 1.165) is 13.1 Å². The summed E-state index contributed by atoms with van der Waals surface area (Å²) in [6, 6.07) is 0. The molecule has 8 heteroatoms. The van der Waals surface area contributed by atoms with Crippen LogP contribution in [0.15, 0.2) is 16.0 Å². The molecule has 0 atom stereocenters. The highest BCUT2D eigenvalue weighted by molar-refractivity contribution is 14.0. The minimum atomic E-state index is -0.166. The lowest BCUT2D eigenvalue weighted by Crippen LogP contribution is -2.44. The number of guanidine groups is 1. The van der Waals surface area contributed by atoms with Gasteiger partial charge in [-0.1, -0.05) is 0 Å². The highest BCUT2D eigenvalue weighted by Gasteiger charge is 2.12.